The largest absolute Gasteiger partial charge is 0.377 e. The van der Waals surface area contributed by atoms with Crippen molar-refractivity contribution in [1.82, 2.24) is 10.3 Å². The van der Waals surface area contributed by atoms with Crippen LogP contribution in [0.3, 0.4) is 0 Å². The zero-order chi connectivity index (χ0) is 14.0. The number of hydrogen-bond donors (Lipinski definition) is 1. The zero-order valence-corrected chi connectivity index (χ0v) is 13.5. The van der Waals surface area contributed by atoms with Crippen molar-refractivity contribution >= 4 is 11.3 Å². The molecule has 3 rings (SSSR count). The average Bonchev–Trinajstić information content (AvgIpc) is 3.07. The summed E-state index contributed by atoms with van der Waals surface area (Å²) in [6.45, 7) is 7.44. The molecule has 0 radical (unpaired) electrons. The number of hydrogen-bond acceptors (Lipinski definition) is 4. The van der Waals surface area contributed by atoms with Crippen LogP contribution in [0, 0.1) is 18.3 Å². The maximum atomic E-state index is 6.14. The standard InChI is InChI=1S/C16H26N2OS/c1-3-7-17-11-16(9-14-10-20-12(2)18-14)6-8-19-15(16)13-4-5-13/h10,13,15,17H,3-9,11H2,1-2H3. The smallest absolute Gasteiger partial charge is 0.0897 e. The minimum atomic E-state index is 0.275. The highest BCUT2D eigenvalue weighted by Crippen LogP contribution is 2.49. The molecule has 0 amide bonds. The molecule has 20 heavy (non-hydrogen) atoms. The Kier molecular flexibility index (Phi) is 4.43. The highest BCUT2D eigenvalue weighted by atomic mass is 32.1. The van der Waals surface area contributed by atoms with Gasteiger partial charge in [0.25, 0.3) is 0 Å². The Balaban J connectivity index is 1.74. The molecule has 0 spiro atoms. The van der Waals surface area contributed by atoms with Crippen LogP contribution >= 0.6 is 11.3 Å². The molecule has 1 aliphatic heterocycles. The predicted molar refractivity (Wildman–Crippen MR) is 83.2 cm³/mol. The molecule has 2 unspecified atom stereocenters. The van der Waals surface area contributed by atoms with E-state index in [4.69, 9.17) is 9.72 Å². The summed E-state index contributed by atoms with van der Waals surface area (Å²) in [4.78, 5) is 4.70. The van der Waals surface area contributed by atoms with Crippen LogP contribution in [-0.2, 0) is 11.2 Å². The van der Waals surface area contributed by atoms with Gasteiger partial charge in [-0.3, -0.25) is 0 Å². The van der Waals surface area contributed by atoms with Crippen molar-refractivity contribution < 1.29 is 4.74 Å². The zero-order valence-electron chi connectivity index (χ0n) is 12.7. The van der Waals surface area contributed by atoms with Crippen LogP contribution in [0.15, 0.2) is 5.38 Å². The van der Waals surface area contributed by atoms with E-state index in [2.05, 4.69) is 24.5 Å². The fourth-order valence-electron chi connectivity index (χ4n) is 3.55. The lowest BCUT2D eigenvalue weighted by Gasteiger charge is -2.34. The second-order valence-electron chi connectivity index (χ2n) is 6.45. The summed E-state index contributed by atoms with van der Waals surface area (Å²) in [7, 11) is 0. The predicted octanol–water partition coefficient (Wildman–Crippen LogP) is 3.18. The topological polar surface area (TPSA) is 34.2 Å². The second kappa shape index (κ2) is 6.12. The molecule has 1 aromatic rings. The number of ether oxygens (including phenoxy) is 1. The second-order valence-corrected chi connectivity index (χ2v) is 7.51. The van der Waals surface area contributed by atoms with Crippen LogP contribution in [0.1, 0.15) is 43.3 Å². The molecule has 2 aliphatic rings. The molecule has 1 saturated heterocycles. The van der Waals surface area contributed by atoms with Gasteiger partial charge in [0.2, 0.25) is 0 Å². The van der Waals surface area contributed by atoms with Gasteiger partial charge >= 0.3 is 0 Å². The van der Waals surface area contributed by atoms with E-state index in [9.17, 15) is 0 Å². The normalized spacial score (nSPS) is 30.0. The van der Waals surface area contributed by atoms with Crippen molar-refractivity contribution in [3.8, 4) is 0 Å². The summed E-state index contributed by atoms with van der Waals surface area (Å²) in [6, 6.07) is 0. The quantitative estimate of drug-likeness (QED) is 0.784. The van der Waals surface area contributed by atoms with Crippen molar-refractivity contribution in [2.75, 3.05) is 19.7 Å². The van der Waals surface area contributed by atoms with Gasteiger partial charge in [0.05, 0.1) is 16.8 Å². The summed E-state index contributed by atoms with van der Waals surface area (Å²) < 4.78 is 6.14. The molecule has 1 aromatic heterocycles. The summed E-state index contributed by atoms with van der Waals surface area (Å²) >= 11 is 1.77. The summed E-state index contributed by atoms with van der Waals surface area (Å²) in [5.74, 6) is 0.806. The Labute approximate surface area is 126 Å². The van der Waals surface area contributed by atoms with Crippen LogP contribution in [0.4, 0.5) is 0 Å². The van der Waals surface area contributed by atoms with E-state index >= 15 is 0 Å². The fourth-order valence-corrected chi connectivity index (χ4v) is 4.16. The van der Waals surface area contributed by atoms with E-state index in [1.807, 2.05) is 0 Å². The Morgan fingerprint density at radius 3 is 3.00 bits per heavy atom. The van der Waals surface area contributed by atoms with Gasteiger partial charge in [0.1, 0.15) is 0 Å². The molecule has 1 aliphatic carbocycles. The maximum Gasteiger partial charge on any atom is 0.0897 e. The van der Waals surface area contributed by atoms with Crippen molar-refractivity contribution in [1.29, 1.82) is 0 Å². The average molecular weight is 294 g/mol. The molecule has 0 aromatic carbocycles. The highest BCUT2D eigenvalue weighted by molar-refractivity contribution is 7.09. The number of rotatable bonds is 7. The first-order chi connectivity index (χ1) is 9.73. The lowest BCUT2D eigenvalue weighted by atomic mass is 9.75. The van der Waals surface area contributed by atoms with E-state index in [0.717, 1.165) is 32.0 Å². The Morgan fingerprint density at radius 1 is 1.50 bits per heavy atom. The van der Waals surface area contributed by atoms with Crippen molar-refractivity contribution in [3.05, 3.63) is 16.1 Å². The lowest BCUT2D eigenvalue weighted by molar-refractivity contribution is 0.0303. The van der Waals surface area contributed by atoms with Crippen molar-refractivity contribution in [2.24, 2.45) is 11.3 Å². The van der Waals surface area contributed by atoms with E-state index in [0.29, 0.717) is 6.10 Å². The number of thiazole rings is 1. The van der Waals surface area contributed by atoms with Crippen LogP contribution < -0.4 is 5.32 Å². The maximum absolute atomic E-state index is 6.14. The summed E-state index contributed by atoms with van der Waals surface area (Å²) in [5, 5.41) is 7.07. The first kappa shape index (κ1) is 14.5. The highest BCUT2D eigenvalue weighted by Gasteiger charge is 2.50. The Bertz CT molecular complexity index is 443. The molecule has 4 heteroatoms. The molecular formula is C16H26N2OS. The first-order valence-electron chi connectivity index (χ1n) is 7.97. The number of aromatic nitrogens is 1. The van der Waals surface area contributed by atoms with Gasteiger partial charge in [0.15, 0.2) is 0 Å². The SMILES string of the molecule is CCCNCC1(Cc2csc(C)n2)CCOC1C1CC1. The minimum Gasteiger partial charge on any atom is -0.377 e. The van der Waals surface area contributed by atoms with Crippen LogP contribution in [-0.4, -0.2) is 30.8 Å². The van der Waals surface area contributed by atoms with E-state index < -0.39 is 0 Å². The van der Waals surface area contributed by atoms with Crippen LogP contribution in [0.5, 0.6) is 0 Å². The van der Waals surface area contributed by atoms with E-state index in [-0.39, 0.29) is 5.41 Å². The molecule has 2 heterocycles. The third-order valence-corrected chi connectivity index (χ3v) is 5.48. The fraction of sp³-hybridized carbons (Fsp3) is 0.812. The van der Waals surface area contributed by atoms with Gasteiger partial charge in [-0.25, -0.2) is 4.98 Å². The molecule has 112 valence electrons. The molecule has 1 N–H and O–H groups in total. The van der Waals surface area contributed by atoms with Gasteiger partial charge in [-0.05, 0) is 51.5 Å². The van der Waals surface area contributed by atoms with Crippen LogP contribution in [0.25, 0.3) is 0 Å². The first-order valence-corrected chi connectivity index (χ1v) is 8.85. The van der Waals surface area contributed by atoms with Crippen molar-refractivity contribution in [2.45, 2.75) is 52.1 Å². The monoisotopic (exact) mass is 294 g/mol. The van der Waals surface area contributed by atoms with Gasteiger partial charge in [-0.15, -0.1) is 11.3 Å². The van der Waals surface area contributed by atoms with Crippen molar-refractivity contribution in [3.63, 3.8) is 0 Å². The van der Waals surface area contributed by atoms with Gasteiger partial charge in [-0.1, -0.05) is 6.92 Å². The molecule has 2 atom stereocenters. The Morgan fingerprint density at radius 2 is 2.35 bits per heavy atom. The summed E-state index contributed by atoms with van der Waals surface area (Å²) in [5.41, 5.74) is 1.54. The molecule has 3 nitrogen and oxygen atoms in total. The third-order valence-electron chi connectivity index (χ3n) is 4.65. The number of nitrogens with zero attached hydrogens (tertiary/aromatic N) is 1. The minimum absolute atomic E-state index is 0.275. The molecule has 2 fully saturated rings. The Hall–Kier alpha value is -0.450. The van der Waals surface area contributed by atoms with Crippen LogP contribution in [0.2, 0.25) is 0 Å². The van der Waals surface area contributed by atoms with E-state index in [1.165, 1.54) is 36.4 Å². The molecule has 0 bridgehead atoms. The van der Waals surface area contributed by atoms with Gasteiger partial charge < -0.3 is 10.1 Å². The number of nitrogens with one attached hydrogen (secondary N) is 1. The van der Waals surface area contributed by atoms with Gasteiger partial charge in [-0.2, -0.15) is 0 Å². The van der Waals surface area contributed by atoms with E-state index in [1.54, 1.807) is 11.3 Å². The molecule has 1 saturated carbocycles. The van der Waals surface area contributed by atoms with Gasteiger partial charge in [0, 0.05) is 23.9 Å². The third kappa shape index (κ3) is 3.07. The number of aryl methyl sites for hydroxylation is 1. The lowest BCUT2D eigenvalue weighted by Crippen LogP contribution is -2.44. The molecular weight excluding hydrogens is 268 g/mol. The summed E-state index contributed by atoms with van der Waals surface area (Å²) in [6.07, 6.45) is 6.62.